The van der Waals surface area contributed by atoms with Crippen molar-refractivity contribution in [1.82, 2.24) is 20.4 Å². The van der Waals surface area contributed by atoms with Crippen LogP contribution < -0.4 is 10.9 Å². The molecule has 0 aliphatic carbocycles. The monoisotopic (exact) mass is 322 g/mol. The number of nitrogens with one attached hydrogen (secondary N) is 2. The highest BCUT2D eigenvalue weighted by Gasteiger charge is 2.26. The minimum Gasteiger partial charge on any atom is -0.450 e. The van der Waals surface area contributed by atoms with Crippen LogP contribution in [0, 0.1) is 13.8 Å². The summed E-state index contributed by atoms with van der Waals surface area (Å²) >= 11 is 0. The van der Waals surface area contributed by atoms with E-state index in [1.807, 2.05) is 0 Å². The van der Waals surface area contributed by atoms with Crippen LogP contribution in [0.2, 0.25) is 0 Å². The Hall–Kier alpha value is -2.38. The summed E-state index contributed by atoms with van der Waals surface area (Å²) in [6, 6.07) is -0.0690. The van der Waals surface area contributed by atoms with E-state index in [4.69, 9.17) is 4.74 Å². The van der Waals surface area contributed by atoms with Crippen LogP contribution in [-0.2, 0) is 4.74 Å². The second-order valence-electron chi connectivity index (χ2n) is 5.57. The number of aryl methyl sites for hydroxylation is 1. The maximum absolute atomic E-state index is 12.4. The number of hydrogen-bond donors (Lipinski definition) is 2. The highest BCUT2D eigenvalue weighted by atomic mass is 16.6. The molecule has 1 fully saturated rings. The van der Waals surface area contributed by atoms with Gasteiger partial charge >= 0.3 is 6.09 Å². The topological polar surface area (TPSA) is 104 Å². The molecule has 126 valence electrons. The summed E-state index contributed by atoms with van der Waals surface area (Å²) < 4.78 is 4.96. The Morgan fingerprint density at radius 1 is 1.35 bits per heavy atom. The third kappa shape index (κ3) is 3.88. The largest absolute Gasteiger partial charge is 0.450 e. The molecule has 0 saturated carbocycles. The summed E-state index contributed by atoms with van der Waals surface area (Å²) in [5, 5.41) is 9.04. The number of aromatic amines is 1. The molecule has 0 bridgehead atoms. The number of aromatic nitrogens is 2. The summed E-state index contributed by atoms with van der Waals surface area (Å²) in [4.78, 5) is 37.5. The first kappa shape index (κ1) is 17.0. The molecule has 2 heterocycles. The van der Waals surface area contributed by atoms with Crippen molar-refractivity contribution < 1.29 is 14.3 Å². The molecule has 1 aliphatic rings. The zero-order chi connectivity index (χ0) is 17.0. The van der Waals surface area contributed by atoms with Crippen molar-refractivity contribution in [3.05, 3.63) is 27.2 Å². The third-order valence-corrected chi connectivity index (χ3v) is 4.05. The predicted octanol–water partition coefficient (Wildman–Crippen LogP) is 0.737. The van der Waals surface area contributed by atoms with Crippen molar-refractivity contribution in [3.63, 3.8) is 0 Å². The van der Waals surface area contributed by atoms with Gasteiger partial charge in [-0.15, -0.1) is 0 Å². The molecule has 1 saturated heterocycles. The first-order valence-corrected chi connectivity index (χ1v) is 7.72. The van der Waals surface area contributed by atoms with E-state index >= 15 is 0 Å². The van der Waals surface area contributed by atoms with E-state index in [0.29, 0.717) is 43.8 Å². The van der Waals surface area contributed by atoms with E-state index < -0.39 is 11.5 Å². The number of amides is 2. The molecule has 1 aromatic rings. The van der Waals surface area contributed by atoms with Crippen LogP contribution in [0.5, 0.6) is 0 Å². The molecule has 2 rings (SSSR count). The van der Waals surface area contributed by atoms with Crippen LogP contribution in [0.25, 0.3) is 0 Å². The summed E-state index contributed by atoms with van der Waals surface area (Å²) in [6.07, 6.45) is 0.936. The summed E-state index contributed by atoms with van der Waals surface area (Å²) in [6.45, 7) is 6.60. The van der Waals surface area contributed by atoms with Gasteiger partial charge < -0.3 is 15.0 Å². The number of rotatable bonds is 3. The van der Waals surface area contributed by atoms with Crippen LogP contribution >= 0.6 is 0 Å². The lowest BCUT2D eigenvalue weighted by atomic mass is 10.0. The van der Waals surface area contributed by atoms with Crippen molar-refractivity contribution >= 4 is 12.0 Å². The lowest BCUT2D eigenvalue weighted by molar-refractivity contribution is 0.0858. The van der Waals surface area contributed by atoms with Gasteiger partial charge in [-0.25, -0.2) is 9.89 Å². The first-order chi connectivity index (χ1) is 10.9. The van der Waals surface area contributed by atoms with Crippen LogP contribution in [0.15, 0.2) is 4.79 Å². The Morgan fingerprint density at radius 2 is 2.00 bits per heavy atom. The minimum atomic E-state index is -0.491. The Morgan fingerprint density at radius 3 is 2.61 bits per heavy atom. The molecule has 0 aromatic carbocycles. The Kier molecular flexibility index (Phi) is 5.36. The lowest BCUT2D eigenvalue weighted by Crippen LogP contribution is -2.47. The number of H-pyrrole nitrogens is 1. The predicted molar refractivity (Wildman–Crippen MR) is 83.4 cm³/mol. The molecule has 8 nitrogen and oxygen atoms in total. The van der Waals surface area contributed by atoms with Crippen LogP contribution in [0.3, 0.4) is 0 Å². The highest BCUT2D eigenvalue weighted by Crippen LogP contribution is 2.13. The van der Waals surface area contributed by atoms with Gasteiger partial charge in [0.05, 0.1) is 12.3 Å². The molecule has 8 heteroatoms. The number of carbonyl (C=O) groups excluding carboxylic acids is 2. The Balaban J connectivity index is 1.97. The molecular weight excluding hydrogens is 300 g/mol. The van der Waals surface area contributed by atoms with Crippen molar-refractivity contribution in [1.29, 1.82) is 0 Å². The maximum atomic E-state index is 12.4. The fourth-order valence-electron chi connectivity index (χ4n) is 2.58. The van der Waals surface area contributed by atoms with Gasteiger partial charge in [0.15, 0.2) is 0 Å². The molecule has 2 amide bonds. The molecule has 1 aromatic heterocycles. The standard InChI is InChI=1S/C15H22N4O4/c1-4-23-15(22)19-7-5-11(6-8-19)16-13(20)12-9(2)10(3)17-18-14(12)21/h11H,4-8H2,1-3H3,(H,16,20)(H,18,21). The van der Waals surface area contributed by atoms with E-state index in [1.165, 1.54) is 0 Å². The normalized spacial score (nSPS) is 15.3. The molecule has 2 N–H and O–H groups in total. The maximum Gasteiger partial charge on any atom is 0.409 e. The number of carbonyl (C=O) groups is 2. The average Bonchev–Trinajstić information content (AvgIpc) is 2.52. The van der Waals surface area contributed by atoms with Gasteiger partial charge in [-0.3, -0.25) is 9.59 Å². The molecule has 1 aliphatic heterocycles. The number of hydrogen-bond acceptors (Lipinski definition) is 5. The van der Waals surface area contributed by atoms with Crippen molar-refractivity contribution in [2.24, 2.45) is 0 Å². The van der Waals surface area contributed by atoms with Crippen molar-refractivity contribution in [2.75, 3.05) is 19.7 Å². The molecule has 23 heavy (non-hydrogen) atoms. The number of ether oxygens (including phenoxy) is 1. The van der Waals surface area contributed by atoms with E-state index in [-0.39, 0.29) is 17.7 Å². The Bertz CT molecular complexity index is 647. The van der Waals surface area contributed by atoms with Crippen molar-refractivity contribution in [2.45, 2.75) is 39.7 Å². The van der Waals surface area contributed by atoms with Gasteiger partial charge in [-0.1, -0.05) is 0 Å². The van der Waals surface area contributed by atoms with E-state index in [1.54, 1.807) is 25.7 Å². The van der Waals surface area contributed by atoms with Crippen molar-refractivity contribution in [3.8, 4) is 0 Å². The smallest absolute Gasteiger partial charge is 0.409 e. The van der Waals surface area contributed by atoms with Gasteiger partial charge in [-0.05, 0) is 39.2 Å². The van der Waals surface area contributed by atoms with E-state index in [0.717, 1.165) is 0 Å². The lowest BCUT2D eigenvalue weighted by Gasteiger charge is -2.31. The minimum absolute atomic E-state index is 0.0690. The van der Waals surface area contributed by atoms with Crippen LogP contribution in [0.1, 0.15) is 41.4 Å². The van der Waals surface area contributed by atoms with E-state index in [2.05, 4.69) is 15.5 Å². The quantitative estimate of drug-likeness (QED) is 0.854. The zero-order valence-corrected chi connectivity index (χ0v) is 13.6. The van der Waals surface area contributed by atoms with Gasteiger partial charge in [0.2, 0.25) is 0 Å². The summed E-state index contributed by atoms with van der Waals surface area (Å²) in [5.41, 5.74) is 0.807. The molecule has 0 radical (unpaired) electrons. The number of piperidine rings is 1. The van der Waals surface area contributed by atoms with Gasteiger partial charge in [-0.2, -0.15) is 5.10 Å². The van der Waals surface area contributed by atoms with Gasteiger partial charge in [0, 0.05) is 19.1 Å². The molecule has 0 atom stereocenters. The van der Waals surface area contributed by atoms with E-state index in [9.17, 15) is 14.4 Å². The number of nitrogens with zero attached hydrogens (tertiary/aromatic N) is 2. The first-order valence-electron chi connectivity index (χ1n) is 7.72. The third-order valence-electron chi connectivity index (χ3n) is 4.05. The average molecular weight is 322 g/mol. The number of likely N-dealkylation sites (tertiary alicyclic amines) is 1. The summed E-state index contributed by atoms with van der Waals surface area (Å²) in [5.74, 6) is -0.399. The molecular formula is C15H22N4O4. The highest BCUT2D eigenvalue weighted by molar-refractivity contribution is 5.95. The van der Waals surface area contributed by atoms with Gasteiger partial charge in [0.1, 0.15) is 5.56 Å². The summed E-state index contributed by atoms with van der Waals surface area (Å²) in [7, 11) is 0. The van der Waals surface area contributed by atoms with Crippen LogP contribution in [-0.4, -0.2) is 52.8 Å². The molecule has 0 unspecified atom stereocenters. The molecule has 0 spiro atoms. The fourth-order valence-corrected chi connectivity index (χ4v) is 2.58. The SMILES string of the molecule is CCOC(=O)N1CCC(NC(=O)c2c(C)c(C)n[nH]c2=O)CC1. The van der Waals surface area contributed by atoms with Gasteiger partial charge in [0.25, 0.3) is 11.5 Å². The second-order valence-corrected chi connectivity index (χ2v) is 5.57. The van der Waals surface area contributed by atoms with Crippen LogP contribution in [0.4, 0.5) is 4.79 Å². The second kappa shape index (κ2) is 7.26. The Labute approximate surface area is 134 Å². The zero-order valence-electron chi connectivity index (χ0n) is 13.6. The fraction of sp³-hybridized carbons (Fsp3) is 0.600.